The molecule has 0 saturated heterocycles. The molecule has 0 radical (unpaired) electrons. The van der Waals surface area contributed by atoms with Crippen LogP contribution < -0.4 is 0 Å². The van der Waals surface area contributed by atoms with Gasteiger partial charge < -0.3 is 9.84 Å². The van der Waals surface area contributed by atoms with Crippen molar-refractivity contribution >= 4 is 0 Å². The largest absolute Gasteiger partial charge is 0.390 e. The molecule has 10 atom stereocenters. The van der Waals surface area contributed by atoms with Gasteiger partial charge >= 0.3 is 0 Å². The molecule has 2 heteroatoms. The first kappa shape index (κ1) is 11.6. The lowest BCUT2D eigenvalue weighted by atomic mass is 9.59. The Morgan fingerprint density at radius 2 is 1.42 bits per heavy atom. The van der Waals surface area contributed by atoms with Gasteiger partial charge in [0.1, 0.15) is 0 Å². The summed E-state index contributed by atoms with van der Waals surface area (Å²) in [7, 11) is 1.78. The van der Waals surface area contributed by atoms with E-state index in [1.807, 2.05) is 0 Å². The monoisotopic (exact) mass is 262 g/mol. The summed E-state index contributed by atoms with van der Waals surface area (Å²) >= 11 is 0. The molecule has 5 rings (SSSR count). The van der Waals surface area contributed by atoms with Crippen LogP contribution in [0, 0.1) is 47.3 Å². The molecular weight excluding hydrogens is 236 g/mol. The van der Waals surface area contributed by atoms with Crippen molar-refractivity contribution in [3.05, 3.63) is 0 Å². The smallest absolute Gasteiger partial charge is 0.0833 e. The zero-order valence-electron chi connectivity index (χ0n) is 11.9. The second-order valence-electron chi connectivity index (χ2n) is 8.19. The van der Waals surface area contributed by atoms with Crippen LogP contribution in [0.4, 0.5) is 0 Å². The summed E-state index contributed by atoms with van der Waals surface area (Å²) in [6.07, 6.45) is 8.21. The number of rotatable bonds is 1. The maximum absolute atomic E-state index is 10.3. The molecule has 5 aliphatic carbocycles. The Morgan fingerprint density at radius 1 is 0.789 bits per heavy atom. The Balaban J connectivity index is 1.46. The lowest BCUT2D eigenvalue weighted by Crippen LogP contribution is -2.47. The molecular formula is C17H26O2. The summed E-state index contributed by atoms with van der Waals surface area (Å²) in [5, 5.41) is 10.3. The van der Waals surface area contributed by atoms with Crippen LogP contribution >= 0.6 is 0 Å². The van der Waals surface area contributed by atoms with Gasteiger partial charge in [0.05, 0.1) is 12.2 Å². The van der Waals surface area contributed by atoms with Crippen LogP contribution in [-0.4, -0.2) is 24.4 Å². The third-order valence-corrected chi connectivity index (χ3v) is 7.98. The Labute approximate surface area is 115 Å². The average molecular weight is 262 g/mol. The predicted octanol–water partition coefficient (Wildman–Crippen LogP) is 2.70. The Hall–Kier alpha value is -0.0800. The fraction of sp³-hybridized carbons (Fsp3) is 1.00. The molecule has 2 nitrogen and oxygen atoms in total. The van der Waals surface area contributed by atoms with Gasteiger partial charge in [-0.05, 0) is 85.9 Å². The lowest BCUT2D eigenvalue weighted by Gasteiger charge is -2.48. The van der Waals surface area contributed by atoms with E-state index in [4.69, 9.17) is 4.74 Å². The van der Waals surface area contributed by atoms with Gasteiger partial charge in [-0.3, -0.25) is 0 Å². The topological polar surface area (TPSA) is 29.5 Å². The van der Waals surface area contributed by atoms with Crippen LogP contribution in [-0.2, 0) is 4.74 Å². The molecule has 19 heavy (non-hydrogen) atoms. The number of aliphatic hydroxyl groups is 1. The summed E-state index contributed by atoms with van der Waals surface area (Å²) in [5.41, 5.74) is 0. The van der Waals surface area contributed by atoms with Crippen LogP contribution in [0.25, 0.3) is 0 Å². The summed E-state index contributed by atoms with van der Waals surface area (Å²) in [6.45, 7) is 0. The number of ether oxygens (including phenoxy) is 1. The zero-order valence-corrected chi connectivity index (χ0v) is 11.9. The lowest BCUT2D eigenvalue weighted by molar-refractivity contribution is -0.0964. The van der Waals surface area contributed by atoms with E-state index in [0.29, 0.717) is 0 Å². The van der Waals surface area contributed by atoms with E-state index >= 15 is 0 Å². The van der Waals surface area contributed by atoms with Gasteiger partial charge in [-0.25, -0.2) is 0 Å². The van der Waals surface area contributed by atoms with Crippen molar-refractivity contribution in [1.82, 2.24) is 0 Å². The molecule has 0 aromatic heterocycles. The number of hydrogen-bond donors (Lipinski definition) is 1. The highest BCUT2D eigenvalue weighted by molar-refractivity contribution is 5.14. The van der Waals surface area contributed by atoms with Gasteiger partial charge in [-0.2, -0.15) is 0 Å². The maximum Gasteiger partial charge on any atom is 0.0833 e. The molecule has 0 heterocycles. The molecule has 5 saturated carbocycles. The van der Waals surface area contributed by atoms with Gasteiger partial charge in [0.2, 0.25) is 0 Å². The summed E-state index contributed by atoms with van der Waals surface area (Å²) in [4.78, 5) is 0. The van der Waals surface area contributed by atoms with Gasteiger partial charge in [-0.1, -0.05) is 0 Å². The van der Waals surface area contributed by atoms with Crippen LogP contribution in [0.2, 0.25) is 0 Å². The van der Waals surface area contributed by atoms with E-state index in [1.54, 1.807) is 13.5 Å². The molecule has 0 amide bonds. The van der Waals surface area contributed by atoms with E-state index < -0.39 is 0 Å². The highest BCUT2D eigenvalue weighted by Crippen LogP contribution is 2.72. The molecule has 0 spiro atoms. The second-order valence-corrected chi connectivity index (χ2v) is 8.19. The highest BCUT2D eigenvalue weighted by Gasteiger charge is 2.66. The van der Waals surface area contributed by atoms with Crippen LogP contribution in [0.5, 0.6) is 0 Å². The minimum Gasteiger partial charge on any atom is -0.390 e. The fourth-order valence-corrected chi connectivity index (χ4v) is 7.64. The maximum atomic E-state index is 10.3. The molecule has 106 valence electrons. The number of fused-ring (bicyclic) bond motifs is 12. The average Bonchev–Trinajstić information content (AvgIpc) is 3.15. The Kier molecular flexibility index (Phi) is 2.29. The second kappa shape index (κ2) is 3.76. The van der Waals surface area contributed by atoms with Gasteiger partial charge in [0.15, 0.2) is 0 Å². The molecule has 0 aromatic carbocycles. The van der Waals surface area contributed by atoms with Crippen molar-refractivity contribution in [3.63, 3.8) is 0 Å². The molecule has 10 unspecified atom stereocenters. The quantitative estimate of drug-likeness (QED) is 0.736. The van der Waals surface area contributed by atoms with E-state index in [-0.39, 0.29) is 12.2 Å². The van der Waals surface area contributed by atoms with Crippen molar-refractivity contribution in [2.24, 2.45) is 47.3 Å². The minimum absolute atomic E-state index is 0.123. The molecule has 0 aromatic rings. The number of hydrogen-bond acceptors (Lipinski definition) is 2. The zero-order chi connectivity index (χ0) is 12.7. The SMILES string of the molecule is COC1CC2C(CC1O)C1CC2C2C3CCC(C3)C12. The van der Waals surface area contributed by atoms with E-state index in [2.05, 4.69) is 0 Å². The van der Waals surface area contributed by atoms with Crippen LogP contribution in [0.3, 0.4) is 0 Å². The molecule has 0 aliphatic heterocycles. The normalized spacial score (nSPS) is 65.4. The van der Waals surface area contributed by atoms with Crippen LogP contribution in [0.1, 0.15) is 38.5 Å². The summed E-state index contributed by atoms with van der Waals surface area (Å²) < 4.78 is 5.54. The minimum atomic E-state index is -0.192. The van der Waals surface area contributed by atoms with E-state index in [9.17, 15) is 5.11 Å². The first-order chi connectivity index (χ1) is 9.28. The van der Waals surface area contributed by atoms with Crippen molar-refractivity contribution in [2.75, 3.05) is 7.11 Å². The van der Waals surface area contributed by atoms with Gasteiger partial charge in [0.25, 0.3) is 0 Å². The Bertz CT molecular complexity index is 395. The standard InChI is InChI=1S/C17H26O2/c1-19-15-7-11-10(6-14(15)18)12-5-13(11)17-9-3-2-8(4-9)16(12)17/h8-18H,2-7H2,1H3. The highest BCUT2D eigenvalue weighted by atomic mass is 16.5. The van der Waals surface area contributed by atoms with Crippen molar-refractivity contribution < 1.29 is 9.84 Å². The molecule has 5 aliphatic rings. The number of methoxy groups -OCH3 is 1. The predicted molar refractivity (Wildman–Crippen MR) is 72.4 cm³/mol. The first-order valence-electron chi connectivity index (χ1n) is 8.48. The van der Waals surface area contributed by atoms with Crippen LogP contribution in [0.15, 0.2) is 0 Å². The van der Waals surface area contributed by atoms with Crippen molar-refractivity contribution in [1.29, 1.82) is 0 Å². The third kappa shape index (κ3) is 1.31. The number of aliphatic hydroxyl groups excluding tert-OH is 1. The van der Waals surface area contributed by atoms with E-state index in [1.165, 1.54) is 19.3 Å². The third-order valence-electron chi connectivity index (χ3n) is 7.98. The van der Waals surface area contributed by atoms with E-state index in [0.717, 1.165) is 60.2 Å². The fourth-order valence-electron chi connectivity index (χ4n) is 7.64. The molecule has 4 bridgehead atoms. The van der Waals surface area contributed by atoms with Crippen molar-refractivity contribution in [2.45, 2.75) is 50.7 Å². The van der Waals surface area contributed by atoms with Gasteiger partial charge in [-0.15, -0.1) is 0 Å². The summed E-state index contributed by atoms with van der Waals surface area (Å²) in [6, 6.07) is 0. The van der Waals surface area contributed by atoms with Crippen molar-refractivity contribution in [3.8, 4) is 0 Å². The molecule has 1 N–H and O–H groups in total. The first-order valence-corrected chi connectivity index (χ1v) is 8.48. The Morgan fingerprint density at radius 3 is 2.05 bits per heavy atom. The van der Waals surface area contributed by atoms with Gasteiger partial charge in [0, 0.05) is 7.11 Å². The molecule has 5 fully saturated rings. The summed E-state index contributed by atoms with van der Waals surface area (Å²) in [5.74, 6) is 8.00.